The Labute approximate surface area is 98.2 Å². The summed E-state index contributed by atoms with van der Waals surface area (Å²) in [5, 5.41) is 0. The molecule has 1 amide bonds. The number of fused-ring (bicyclic) bond motifs is 1. The van der Waals surface area contributed by atoms with Gasteiger partial charge in [0.2, 0.25) is 5.91 Å². The predicted octanol–water partition coefficient (Wildman–Crippen LogP) is 1.20. The van der Waals surface area contributed by atoms with Crippen LogP contribution >= 0.6 is 0 Å². The van der Waals surface area contributed by atoms with Crippen LogP contribution in [0.15, 0.2) is 22.6 Å². The average molecular weight is 231 g/mol. The molecule has 2 N–H and O–H groups in total. The second-order valence-corrected chi connectivity index (χ2v) is 4.35. The van der Waals surface area contributed by atoms with Gasteiger partial charge in [-0.1, -0.05) is 0 Å². The van der Waals surface area contributed by atoms with Crippen LogP contribution < -0.4 is 10.6 Å². The highest BCUT2D eigenvalue weighted by atomic mass is 16.3. The Kier molecular flexibility index (Phi) is 2.16. The molecule has 0 saturated carbocycles. The largest absolute Gasteiger partial charge is 0.441 e. The molecule has 0 spiro atoms. The van der Waals surface area contributed by atoms with Crippen molar-refractivity contribution < 1.29 is 9.21 Å². The minimum absolute atomic E-state index is 0.0630. The topological polar surface area (TPSA) is 72.4 Å². The molecule has 5 nitrogen and oxygen atoms in total. The number of hydrogen-bond acceptors (Lipinski definition) is 4. The van der Waals surface area contributed by atoms with Crippen LogP contribution in [0, 0.1) is 6.92 Å². The second kappa shape index (κ2) is 3.56. The van der Waals surface area contributed by atoms with Gasteiger partial charge in [-0.05, 0) is 12.1 Å². The van der Waals surface area contributed by atoms with E-state index in [1.807, 2.05) is 18.2 Å². The van der Waals surface area contributed by atoms with Gasteiger partial charge in [0.15, 0.2) is 11.5 Å². The molecule has 0 aliphatic carbocycles. The lowest BCUT2D eigenvalue weighted by molar-refractivity contribution is -0.117. The van der Waals surface area contributed by atoms with Crippen molar-refractivity contribution >= 4 is 22.7 Å². The number of hydrogen-bond donors (Lipinski definition) is 1. The Morgan fingerprint density at radius 3 is 3.06 bits per heavy atom. The number of amides is 1. The van der Waals surface area contributed by atoms with Crippen molar-refractivity contribution in [3.05, 3.63) is 24.1 Å². The van der Waals surface area contributed by atoms with Gasteiger partial charge in [-0.25, -0.2) is 4.98 Å². The minimum Gasteiger partial charge on any atom is -0.441 e. The first-order valence-electron chi connectivity index (χ1n) is 5.56. The van der Waals surface area contributed by atoms with Crippen molar-refractivity contribution in [2.24, 2.45) is 5.73 Å². The third kappa shape index (κ3) is 1.68. The summed E-state index contributed by atoms with van der Waals surface area (Å²) >= 11 is 0. The molecule has 17 heavy (non-hydrogen) atoms. The smallest absolute Gasteiger partial charge is 0.228 e. The molecule has 88 valence electrons. The Morgan fingerprint density at radius 1 is 1.53 bits per heavy atom. The van der Waals surface area contributed by atoms with Crippen molar-refractivity contribution in [2.75, 3.05) is 11.4 Å². The number of nitrogens with two attached hydrogens (primary N) is 1. The zero-order valence-corrected chi connectivity index (χ0v) is 9.51. The number of oxazole rings is 1. The van der Waals surface area contributed by atoms with Crippen LogP contribution in [-0.4, -0.2) is 23.5 Å². The highest BCUT2D eigenvalue weighted by Gasteiger charge is 2.28. The van der Waals surface area contributed by atoms with E-state index in [2.05, 4.69) is 4.98 Å². The summed E-state index contributed by atoms with van der Waals surface area (Å²) in [6, 6.07) is 5.50. The number of rotatable bonds is 1. The quantitative estimate of drug-likeness (QED) is 0.800. The van der Waals surface area contributed by atoms with E-state index in [0.717, 1.165) is 11.2 Å². The first-order chi connectivity index (χ1) is 8.13. The van der Waals surface area contributed by atoms with Gasteiger partial charge in [0.25, 0.3) is 0 Å². The molecule has 1 fully saturated rings. The molecule has 0 radical (unpaired) electrons. The molecule has 2 heterocycles. The third-order valence-corrected chi connectivity index (χ3v) is 2.95. The molecule has 1 aromatic carbocycles. The van der Waals surface area contributed by atoms with Crippen LogP contribution in [0.2, 0.25) is 0 Å². The van der Waals surface area contributed by atoms with E-state index in [4.69, 9.17) is 10.2 Å². The summed E-state index contributed by atoms with van der Waals surface area (Å²) in [6.07, 6.45) is 0.410. The number of carbonyl (C=O) groups is 1. The number of carbonyl (C=O) groups excluding carboxylic acids is 1. The van der Waals surface area contributed by atoms with Gasteiger partial charge in [-0.3, -0.25) is 4.79 Å². The van der Waals surface area contributed by atoms with Crippen LogP contribution in [0.3, 0.4) is 0 Å². The summed E-state index contributed by atoms with van der Waals surface area (Å²) in [7, 11) is 0. The SMILES string of the molecule is Cc1nc2ccc(N3CC(N)CC3=O)cc2o1. The number of benzene rings is 1. The van der Waals surface area contributed by atoms with E-state index in [0.29, 0.717) is 24.4 Å². The van der Waals surface area contributed by atoms with E-state index in [9.17, 15) is 4.79 Å². The van der Waals surface area contributed by atoms with Crippen molar-refractivity contribution in [1.82, 2.24) is 4.98 Å². The molecule has 2 aromatic rings. The monoisotopic (exact) mass is 231 g/mol. The normalized spacial score (nSPS) is 20.5. The zero-order valence-electron chi connectivity index (χ0n) is 9.51. The van der Waals surface area contributed by atoms with E-state index >= 15 is 0 Å². The third-order valence-electron chi connectivity index (χ3n) is 2.95. The molecular weight excluding hydrogens is 218 g/mol. The molecule has 5 heteroatoms. The summed E-state index contributed by atoms with van der Waals surface area (Å²) in [5.74, 6) is 0.690. The molecule has 1 unspecified atom stereocenters. The molecule has 1 aromatic heterocycles. The molecule has 1 atom stereocenters. The summed E-state index contributed by atoms with van der Waals surface area (Å²) in [5.41, 5.74) is 8.11. The van der Waals surface area contributed by atoms with E-state index in [-0.39, 0.29) is 11.9 Å². The van der Waals surface area contributed by atoms with Gasteiger partial charge in [0.1, 0.15) is 5.52 Å². The molecule has 1 aliphatic rings. The van der Waals surface area contributed by atoms with Gasteiger partial charge >= 0.3 is 0 Å². The Bertz CT molecular complexity index is 590. The summed E-state index contributed by atoms with van der Waals surface area (Å²) in [6.45, 7) is 2.37. The van der Waals surface area contributed by atoms with Crippen molar-refractivity contribution in [1.29, 1.82) is 0 Å². The molecular formula is C12H13N3O2. The van der Waals surface area contributed by atoms with Crippen molar-refractivity contribution in [2.45, 2.75) is 19.4 Å². The average Bonchev–Trinajstić information content (AvgIpc) is 2.78. The van der Waals surface area contributed by atoms with Crippen LogP contribution in [0.25, 0.3) is 11.1 Å². The fourth-order valence-corrected chi connectivity index (χ4v) is 2.18. The predicted molar refractivity (Wildman–Crippen MR) is 63.7 cm³/mol. The van der Waals surface area contributed by atoms with Gasteiger partial charge < -0.3 is 15.1 Å². The van der Waals surface area contributed by atoms with Gasteiger partial charge in [0, 0.05) is 37.7 Å². The lowest BCUT2D eigenvalue weighted by Crippen LogP contribution is -2.27. The molecule has 1 aliphatic heterocycles. The molecule has 0 bridgehead atoms. The van der Waals surface area contributed by atoms with E-state index in [1.165, 1.54) is 0 Å². The van der Waals surface area contributed by atoms with Gasteiger partial charge in [-0.2, -0.15) is 0 Å². The summed E-state index contributed by atoms with van der Waals surface area (Å²) in [4.78, 5) is 17.6. The Balaban J connectivity index is 2.03. The van der Waals surface area contributed by atoms with Crippen LogP contribution in [0.1, 0.15) is 12.3 Å². The Morgan fingerprint density at radius 2 is 2.35 bits per heavy atom. The minimum atomic E-state index is -0.0744. The molecule has 1 saturated heterocycles. The van der Waals surface area contributed by atoms with Crippen LogP contribution in [0.4, 0.5) is 5.69 Å². The van der Waals surface area contributed by atoms with Crippen LogP contribution in [-0.2, 0) is 4.79 Å². The van der Waals surface area contributed by atoms with Crippen molar-refractivity contribution in [3.8, 4) is 0 Å². The second-order valence-electron chi connectivity index (χ2n) is 4.35. The van der Waals surface area contributed by atoms with Crippen molar-refractivity contribution in [3.63, 3.8) is 0 Å². The maximum Gasteiger partial charge on any atom is 0.228 e. The zero-order chi connectivity index (χ0) is 12.0. The summed E-state index contributed by atoms with van der Waals surface area (Å²) < 4.78 is 5.45. The standard InChI is InChI=1S/C12H13N3O2/c1-7-14-10-3-2-9(5-11(10)17-7)15-6-8(13)4-12(15)16/h2-3,5,8H,4,6,13H2,1H3. The molecule has 3 rings (SSSR count). The lowest BCUT2D eigenvalue weighted by Gasteiger charge is -2.15. The number of aryl methyl sites for hydroxylation is 1. The first-order valence-corrected chi connectivity index (χ1v) is 5.56. The maximum atomic E-state index is 11.7. The van der Waals surface area contributed by atoms with E-state index in [1.54, 1.807) is 11.8 Å². The number of nitrogens with zero attached hydrogens (tertiary/aromatic N) is 2. The van der Waals surface area contributed by atoms with Gasteiger partial charge in [-0.15, -0.1) is 0 Å². The van der Waals surface area contributed by atoms with Crippen LogP contribution in [0.5, 0.6) is 0 Å². The number of aromatic nitrogens is 1. The van der Waals surface area contributed by atoms with Gasteiger partial charge in [0.05, 0.1) is 0 Å². The lowest BCUT2D eigenvalue weighted by atomic mass is 10.2. The maximum absolute atomic E-state index is 11.7. The van der Waals surface area contributed by atoms with E-state index < -0.39 is 0 Å². The first kappa shape index (κ1) is 10.3. The fraction of sp³-hybridized carbons (Fsp3) is 0.333. The highest BCUT2D eigenvalue weighted by molar-refractivity contribution is 5.97. The fourth-order valence-electron chi connectivity index (χ4n) is 2.18. The highest BCUT2D eigenvalue weighted by Crippen LogP contribution is 2.25. The Hall–Kier alpha value is -1.88. The number of anilines is 1.